The number of halogens is 1. The van der Waals surface area contributed by atoms with Crippen LogP contribution in [0.25, 0.3) is 11.3 Å². The molecule has 0 saturated carbocycles. The highest BCUT2D eigenvalue weighted by atomic mass is 35.5. The van der Waals surface area contributed by atoms with Crippen molar-refractivity contribution in [3.63, 3.8) is 0 Å². The lowest BCUT2D eigenvalue weighted by Gasteiger charge is -2.29. The number of hydrogen-bond donors (Lipinski definition) is 2. The molecule has 1 aliphatic rings. The van der Waals surface area contributed by atoms with Gasteiger partial charge in [0, 0.05) is 36.1 Å². The average molecular weight is 283 g/mol. The summed E-state index contributed by atoms with van der Waals surface area (Å²) in [6, 6.07) is 4.38. The number of anilines is 1. The fourth-order valence-electron chi connectivity index (χ4n) is 2.20. The molecule has 0 radical (unpaired) electrons. The summed E-state index contributed by atoms with van der Waals surface area (Å²) in [6.45, 7) is 1.96. The molecule has 1 fully saturated rings. The molecule has 0 aromatic carbocycles. The van der Waals surface area contributed by atoms with Crippen LogP contribution in [0.3, 0.4) is 0 Å². The number of nitrogens with one attached hydrogen (secondary N) is 1. The Morgan fingerprint density at radius 3 is 2.83 bits per heavy atom. The van der Waals surface area contributed by atoms with Gasteiger partial charge in [0.15, 0.2) is 5.82 Å². The Balaban J connectivity index is 1.77. The molecule has 3 heterocycles. The zero-order chi connectivity index (χ0) is 12.5. The topological polar surface area (TPSA) is 57.9 Å². The molecule has 0 spiro atoms. The van der Waals surface area contributed by atoms with Gasteiger partial charge in [0.1, 0.15) is 0 Å². The van der Waals surface area contributed by atoms with E-state index in [0.717, 1.165) is 47.3 Å². The molecule has 0 aliphatic carbocycles. The van der Waals surface area contributed by atoms with Crippen molar-refractivity contribution in [2.75, 3.05) is 18.0 Å². The number of hydrogen-bond acceptors (Lipinski definition) is 4. The van der Waals surface area contributed by atoms with Crippen LogP contribution in [0.2, 0.25) is 4.34 Å². The van der Waals surface area contributed by atoms with Crippen molar-refractivity contribution >= 4 is 28.8 Å². The van der Waals surface area contributed by atoms with Gasteiger partial charge in [-0.05, 0) is 18.9 Å². The first-order chi connectivity index (χ1) is 8.72. The minimum Gasteiger partial charge on any atom is -0.355 e. The quantitative estimate of drug-likeness (QED) is 0.890. The van der Waals surface area contributed by atoms with Gasteiger partial charge in [-0.25, -0.2) is 0 Å². The van der Waals surface area contributed by atoms with Crippen LogP contribution in [0, 0.1) is 0 Å². The third kappa shape index (κ3) is 2.39. The number of rotatable bonds is 2. The predicted molar refractivity (Wildman–Crippen MR) is 76.3 cm³/mol. The summed E-state index contributed by atoms with van der Waals surface area (Å²) in [4.78, 5) is 2.28. The van der Waals surface area contributed by atoms with Crippen molar-refractivity contribution in [1.82, 2.24) is 10.2 Å². The van der Waals surface area contributed by atoms with E-state index in [-0.39, 0.29) is 0 Å². The summed E-state index contributed by atoms with van der Waals surface area (Å²) in [5, 5.41) is 9.47. The molecule has 4 nitrogen and oxygen atoms in total. The van der Waals surface area contributed by atoms with Crippen molar-refractivity contribution in [3.05, 3.63) is 21.8 Å². The largest absolute Gasteiger partial charge is 0.355 e. The Bertz CT molecular complexity index is 528. The summed E-state index contributed by atoms with van der Waals surface area (Å²) >= 11 is 7.47. The molecule has 0 bridgehead atoms. The van der Waals surface area contributed by atoms with Gasteiger partial charge >= 0.3 is 0 Å². The van der Waals surface area contributed by atoms with Gasteiger partial charge < -0.3 is 10.6 Å². The number of aromatic amines is 1. The fraction of sp³-hybridized carbons (Fsp3) is 0.417. The molecule has 2 aromatic heterocycles. The minimum absolute atomic E-state index is 0.343. The molecule has 2 aromatic rings. The Kier molecular flexibility index (Phi) is 3.28. The van der Waals surface area contributed by atoms with Crippen LogP contribution in [-0.4, -0.2) is 29.3 Å². The summed E-state index contributed by atoms with van der Waals surface area (Å²) in [6.07, 6.45) is 2.07. The van der Waals surface area contributed by atoms with Crippen LogP contribution in [0.4, 0.5) is 5.82 Å². The molecule has 3 rings (SSSR count). The van der Waals surface area contributed by atoms with Crippen molar-refractivity contribution in [2.24, 2.45) is 5.73 Å². The summed E-state index contributed by atoms with van der Waals surface area (Å²) in [5.41, 5.74) is 8.02. The highest BCUT2D eigenvalue weighted by Gasteiger charge is 2.18. The maximum absolute atomic E-state index is 5.94. The van der Waals surface area contributed by atoms with Gasteiger partial charge in [0.05, 0.1) is 10.0 Å². The van der Waals surface area contributed by atoms with E-state index in [0.29, 0.717) is 6.04 Å². The Morgan fingerprint density at radius 2 is 2.17 bits per heavy atom. The first-order valence-corrected chi connectivity index (χ1v) is 7.28. The van der Waals surface area contributed by atoms with E-state index in [4.69, 9.17) is 17.3 Å². The molecule has 3 N–H and O–H groups in total. The second-order valence-corrected chi connectivity index (χ2v) is 6.15. The van der Waals surface area contributed by atoms with Crippen LogP contribution in [0.5, 0.6) is 0 Å². The maximum Gasteiger partial charge on any atom is 0.150 e. The highest BCUT2D eigenvalue weighted by Crippen LogP contribution is 2.29. The standard InChI is InChI=1S/C12H15ClN4S/c13-11-5-8(7-18-11)10-6-12(16-15-10)17-3-1-9(14)2-4-17/h5-7,9H,1-4,14H2,(H,15,16). The fourth-order valence-corrected chi connectivity index (χ4v) is 3.08. The molecule has 1 saturated heterocycles. The van der Waals surface area contributed by atoms with Crippen molar-refractivity contribution in [1.29, 1.82) is 0 Å². The number of H-pyrrole nitrogens is 1. The van der Waals surface area contributed by atoms with Gasteiger partial charge in [-0.1, -0.05) is 11.6 Å². The average Bonchev–Trinajstić information content (AvgIpc) is 2.98. The zero-order valence-electron chi connectivity index (χ0n) is 9.90. The van der Waals surface area contributed by atoms with E-state index in [2.05, 4.69) is 21.2 Å². The molecule has 18 heavy (non-hydrogen) atoms. The number of nitrogens with two attached hydrogens (primary N) is 1. The third-order valence-electron chi connectivity index (χ3n) is 3.31. The number of nitrogens with zero attached hydrogens (tertiary/aromatic N) is 2. The van der Waals surface area contributed by atoms with E-state index < -0.39 is 0 Å². The SMILES string of the molecule is NC1CCN(c2cc(-c3csc(Cl)c3)[nH]n2)CC1. The van der Waals surface area contributed by atoms with Crippen molar-refractivity contribution < 1.29 is 0 Å². The summed E-state index contributed by atoms with van der Waals surface area (Å²) in [7, 11) is 0. The number of aromatic nitrogens is 2. The predicted octanol–water partition coefficient (Wildman–Crippen LogP) is 2.72. The van der Waals surface area contributed by atoms with Gasteiger partial charge in [0.2, 0.25) is 0 Å². The van der Waals surface area contributed by atoms with E-state index >= 15 is 0 Å². The van der Waals surface area contributed by atoms with Crippen molar-refractivity contribution in [3.8, 4) is 11.3 Å². The normalized spacial score (nSPS) is 17.3. The second kappa shape index (κ2) is 4.91. The number of thiophene rings is 1. The van der Waals surface area contributed by atoms with Gasteiger partial charge in [-0.3, -0.25) is 5.10 Å². The third-order valence-corrected chi connectivity index (χ3v) is 4.40. The Morgan fingerprint density at radius 1 is 1.39 bits per heavy atom. The Hall–Kier alpha value is -1.04. The van der Waals surface area contributed by atoms with Gasteiger partial charge in [-0.15, -0.1) is 11.3 Å². The highest BCUT2D eigenvalue weighted by molar-refractivity contribution is 7.14. The summed E-state index contributed by atoms with van der Waals surface area (Å²) in [5.74, 6) is 0.999. The molecular weight excluding hydrogens is 268 g/mol. The number of piperidine rings is 1. The van der Waals surface area contributed by atoms with Crippen molar-refractivity contribution in [2.45, 2.75) is 18.9 Å². The lowest BCUT2D eigenvalue weighted by Crippen LogP contribution is -2.39. The molecule has 0 unspecified atom stereocenters. The smallest absolute Gasteiger partial charge is 0.150 e. The van der Waals surface area contributed by atoms with E-state index in [9.17, 15) is 0 Å². The minimum atomic E-state index is 0.343. The molecule has 6 heteroatoms. The van der Waals surface area contributed by atoms with E-state index in [1.54, 1.807) is 0 Å². The monoisotopic (exact) mass is 282 g/mol. The van der Waals surface area contributed by atoms with Gasteiger partial charge in [0.25, 0.3) is 0 Å². The van der Waals surface area contributed by atoms with Crippen LogP contribution >= 0.6 is 22.9 Å². The maximum atomic E-state index is 5.94. The summed E-state index contributed by atoms with van der Waals surface area (Å²) < 4.78 is 0.796. The lowest BCUT2D eigenvalue weighted by atomic mass is 10.1. The van der Waals surface area contributed by atoms with Crippen LogP contribution in [0.15, 0.2) is 17.5 Å². The molecule has 1 aliphatic heterocycles. The lowest BCUT2D eigenvalue weighted by molar-refractivity contribution is 0.498. The second-order valence-electron chi connectivity index (χ2n) is 4.60. The van der Waals surface area contributed by atoms with Crippen LogP contribution in [-0.2, 0) is 0 Å². The zero-order valence-corrected chi connectivity index (χ0v) is 11.5. The first-order valence-electron chi connectivity index (χ1n) is 6.03. The molecular formula is C12H15ClN4S. The van der Waals surface area contributed by atoms with Gasteiger partial charge in [-0.2, -0.15) is 5.10 Å². The van der Waals surface area contributed by atoms with Crippen LogP contribution < -0.4 is 10.6 Å². The Labute approximate surface area is 115 Å². The molecule has 96 valence electrons. The van der Waals surface area contributed by atoms with E-state index in [1.165, 1.54) is 11.3 Å². The van der Waals surface area contributed by atoms with E-state index in [1.807, 2.05) is 11.4 Å². The molecule has 0 amide bonds. The molecule has 0 atom stereocenters. The van der Waals surface area contributed by atoms with Crippen LogP contribution in [0.1, 0.15) is 12.8 Å². The first kappa shape index (κ1) is 12.0.